The Morgan fingerprint density at radius 3 is 2.73 bits per heavy atom. The van der Waals surface area contributed by atoms with E-state index in [1.54, 1.807) is 24.4 Å². The maximum atomic E-state index is 13.8. The summed E-state index contributed by atoms with van der Waals surface area (Å²) in [7, 11) is -1.75. The van der Waals surface area contributed by atoms with Crippen LogP contribution in [0.25, 0.3) is 10.8 Å². The molecule has 7 heteroatoms. The zero-order valence-electron chi connectivity index (χ0n) is 12.3. The number of nitrogens with zero attached hydrogens (tertiary/aromatic N) is 1. The molecule has 0 radical (unpaired) electrons. The van der Waals surface area contributed by atoms with Crippen LogP contribution in [0.15, 0.2) is 35.3 Å². The minimum absolute atomic E-state index is 0.0297. The maximum absolute atomic E-state index is 13.8. The Kier molecular flexibility index (Phi) is 5.31. The lowest BCUT2D eigenvalue weighted by Crippen LogP contribution is -2.22. The van der Waals surface area contributed by atoms with E-state index in [-0.39, 0.29) is 30.0 Å². The fraction of sp³-hybridized carbons (Fsp3) is 0.400. The molecule has 1 aromatic carbocycles. The van der Waals surface area contributed by atoms with Crippen molar-refractivity contribution in [2.45, 2.75) is 13.0 Å². The maximum Gasteiger partial charge on any atom is 0.261 e. The van der Waals surface area contributed by atoms with Gasteiger partial charge in [-0.05, 0) is 23.9 Å². The minimum Gasteiger partial charge on any atom is -0.384 e. The van der Waals surface area contributed by atoms with Gasteiger partial charge in [0.1, 0.15) is 5.82 Å². The van der Waals surface area contributed by atoms with Crippen LogP contribution in [0.2, 0.25) is 0 Å². The van der Waals surface area contributed by atoms with Gasteiger partial charge in [0.05, 0.1) is 23.5 Å². The second-order valence-corrected chi connectivity index (χ2v) is 7.32. The number of fused-ring (bicyclic) bond motifs is 1. The third-order valence-corrected chi connectivity index (χ3v) is 5.11. The Balaban J connectivity index is 2.12. The van der Waals surface area contributed by atoms with Gasteiger partial charge >= 0.3 is 0 Å². The highest BCUT2D eigenvalue weighted by atomic mass is 32.2. The number of pyridine rings is 1. The van der Waals surface area contributed by atoms with E-state index in [0.29, 0.717) is 11.8 Å². The van der Waals surface area contributed by atoms with Gasteiger partial charge in [-0.2, -0.15) is 0 Å². The van der Waals surface area contributed by atoms with Gasteiger partial charge in [-0.3, -0.25) is 4.79 Å². The zero-order chi connectivity index (χ0) is 16.2. The Hall–Kier alpha value is -1.73. The molecule has 0 atom stereocenters. The molecule has 0 fully saturated rings. The second-order valence-electron chi connectivity index (χ2n) is 5.02. The highest BCUT2D eigenvalue weighted by Gasteiger charge is 2.11. The summed E-state index contributed by atoms with van der Waals surface area (Å²) in [5.74, 6) is -0.632. The Morgan fingerprint density at radius 1 is 1.23 bits per heavy atom. The summed E-state index contributed by atoms with van der Waals surface area (Å²) in [5, 5.41) is 0.571. The normalized spacial score (nSPS) is 11.9. The number of benzene rings is 1. The van der Waals surface area contributed by atoms with Crippen molar-refractivity contribution in [3.05, 3.63) is 46.6 Å². The standard InChI is InChI=1S/C15H18FNO4S/c1-21-9-11-22(19,20)10-3-7-17-8-6-12-4-2-5-13(16)14(12)15(17)18/h2,4-6,8H,3,7,9-11H2,1H3. The van der Waals surface area contributed by atoms with E-state index in [1.807, 2.05) is 0 Å². The summed E-state index contributed by atoms with van der Waals surface area (Å²) >= 11 is 0. The molecule has 1 aromatic heterocycles. The lowest BCUT2D eigenvalue weighted by Gasteiger charge is -2.08. The topological polar surface area (TPSA) is 65.4 Å². The summed E-state index contributed by atoms with van der Waals surface area (Å²) in [5.41, 5.74) is -0.440. The molecule has 1 heterocycles. The van der Waals surface area contributed by atoms with Crippen LogP contribution in [0.3, 0.4) is 0 Å². The third-order valence-electron chi connectivity index (χ3n) is 3.41. The van der Waals surface area contributed by atoms with Crippen LogP contribution in [0.5, 0.6) is 0 Å². The molecule has 0 N–H and O–H groups in total. The lowest BCUT2D eigenvalue weighted by molar-refractivity contribution is 0.217. The fourth-order valence-electron chi connectivity index (χ4n) is 2.23. The Bertz CT molecular complexity index is 814. The van der Waals surface area contributed by atoms with Crippen molar-refractivity contribution in [1.29, 1.82) is 0 Å². The highest BCUT2D eigenvalue weighted by Crippen LogP contribution is 2.13. The van der Waals surface area contributed by atoms with Gasteiger partial charge in [-0.1, -0.05) is 12.1 Å². The molecule has 0 amide bonds. The van der Waals surface area contributed by atoms with Crippen LogP contribution < -0.4 is 5.56 Å². The van der Waals surface area contributed by atoms with Crippen molar-refractivity contribution >= 4 is 20.6 Å². The molecule has 0 unspecified atom stereocenters. The number of aromatic nitrogens is 1. The second kappa shape index (κ2) is 7.02. The van der Waals surface area contributed by atoms with E-state index in [0.717, 1.165) is 0 Å². The molecule has 0 saturated carbocycles. The first kappa shape index (κ1) is 16.6. The molecule has 0 bridgehead atoms. The summed E-state index contributed by atoms with van der Waals surface area (Å²) in [6, 6.07) is 6.10. The average molecular weight is 327 g/mol. The van der Waals surface area contributed by atoms with Crippen molar-refractivity contribution in [2.24, 2.45) is 0 Å². The molecule has 120 valence electrons. The molecule has 0 saturated heterocycles. The van der Waals surface area contributed by atoms with Gasteiger partial charge in [0.15, 0.2) is 9.84 Å². The fourth-order valence-corrected chi connectivity index (χ4v) is 3.42. The van der Waals surface area contributed by atoms with E-state index in [2.05, 4.69) is 0 Å². The first-order chi connectivity index (χ1) is 10.4. The molecule has 0 aliphatic rings. The number of hydrogen-bond acceptors (Lipinski definition) is 4. The van der Waals surface area contributed by atoms with Crippen LogP contribution in [-0.4, -0.2) is 38.2 Å². The van der Waals surface area contributed by atoms with Crippen LogP contribution in [-0.2, 0) is 21.1 Å². The molecule has 0 spiro atoms. The first-order valence-corrected chi connectivity index (χ1v) is 8.74. The van der Waals surface area contributed by atoms with Crippen molar-refractivity contribution < 1.29 is 17.5 Å². The van der Waals surface area contributed by atoms with Gasteiger partial charge in [0.2, 0.25) is 0 Å². The summed E-state index contributed by atoms with van der Waals surface area (Å²) < 4.78 is 43.3. The van der Waals surface area contributed by atoms with Crippen LogP contribution >= 0.6 is 0 Å². The predicted octanol–water partition coefficient (Wildman–Crippen LogP) is 1.59. The number of hydrogen-bond donors (Lipinski definition) is 0. The molecule has 2 rings (SSSR count). The van der Waals surface area contributed by atoms with Crippen LogP contribution in [0.1, 0.15) is 6.42 Å². The van der Waals surface area contributed by atoms with Crippen molar-refractivity contribution in [1.82, 2.24) is 4.57 Å². The number of sulfone groups is 1. The van der Waals surface area contributed by atoms with Gasteiger partial charge in [0, 0.05) is 19.9 Å². The molecule has 22 heavy (non-hydrogen) atoms. The molecular weight excluding hydrogens is 309 g/mol. The van der Waals surface area contributed by atoms with Gasteiger partial charge in [-0.25, -0.2) is 12.8 Å². The summed E-state index contributed by atoms with van der Waals surface area (Å²) in [4.78, 5) is 12.2. The quantitative estimate of drug-likeness (QED) is 0.775. The number of halogens is 1. The Morgan fingerprint density at radius 2 is 2.00 bits per heavy atom. The molecule has 0 aliphatic heterocycles. The van der Waals surface area contributed by atoms with Crippen LogP contribution in [0, 0.1) is 5.82 Å². The van der Waals surface area contributed by atoms with E-state index < -0.39 is 21.2 Å². The van der Waals surface area contributed by atoms with Crippen molar-refractivity contribution in [3.8, 4) is 0 Å². The SMILES string of the molecule is COCCS(=O)(=O)CCCn1ccc2cccc(F)c2c1=O. The largest absolute Gasteiger partial charge is 0.384 e. The molecule has 0 aliphatic carbocycles. The smallest absolute Gasteiger partial charge is 0.261 e. The summed E-state index contributed by atoms with van der Waals surface area (Å²) in [6.07, 6.45) is 1.86. The first-order valence-electron chi connectivity index (χ1n) is 6.91. The van der Waals surface area contributed by atoms with E-state index in [9.17, 15) is 17.6 Å². The zero-order valence-corrected chi connectivity index (χ0v) is 13.1. The number of ether oxygens (including phenoxy) is 1. The van der Waals surface area contributed by atoms with Gasteiger partial charge in [-0.15, -0.1) is 0 Å². The van der Waals surface area contributed by atoms with E-state index in [4.69, 9.17) is 4.74 Å². The van der Waals surface area contributed by atoms with E-state index in [1.165, 1.54) is 17.7 Å². The number of aryl methyl sites for hydroxylation is 1. The monoisotopic (exact) mass is 327 g/mol. The van der Waals surface area contributed by atoms with Crippen LogP contribution in [0.4, 0.5) is 4.39 Å². The van der Waals surface area contributed by atoms with E-state index >= 15 is 0 Å². The van der Waals surface area contributed by atoms with Crippen molar-refractivity contribution in [3.63, 3.8) is 0 Å². The average Bonchev–Trinajstić information content (AvgIpc) is 2.47. The lowest BCUT2D eigenvalue weighted by atomic mass is 10.1. The number of rotatable bonds is 7. The molecule has 5 nitrogen and oxygen atoms in total. The number of methoxy groups -OCH3 is 1. The van der Waals surface area contributed by atoms with Gasteiger partial charge in [0.25, 0.3) is 5.56 Å². The summed E-state index contributed by atoms with van der Waals surface area (Å²) in [6.45, 7) is 0.388. The van der Waals surface area contributed by atoms with Gasteiger partial charge < -0.3 is 9.30 Å². The predicted molar refractivity (Wildman–Crippen MR) is 83.3 cm³/mol. The third kappa shape index (κ3) is 3.92. The molecular formula is C15H18FNO4S. The molecule has 2 aromatic rings. The van der Waals surface area contributed by atoms with Crippen molar-refractivity contribution in [2.75, 3.05) is 25.2 Å². The Labute approximate surface area is 128 Å². The highest BCUT2D eigenvalue weighted by molar-refractivity contribution is 7.91. The minimum atomic E-state index is -3.19.